The molecule has 8 nitrogen and oxygen atoms in total. The van der Waals surface area contributed by atoms with Crippen LogP contribution in [0.15, 0.2) is 30.6 Å². The van der Waals surface area contributed by atoms with Gasteiger partial charge in [-0.25, -0.2) is 19.9 Å². The van der Waals surface area contributed by atoms with Gasteiger partial charge < -0.3 is 15.6 Å². The number of rotatable bonds is 6. The number of primary amides is 1. The molecule has 0 saturated heterocycles. The summed E-state index contributed by atoms with van der Waals surface area (Å²) in [5, 5.41) is 3.20. The minimum atomic E-state index is -0.771. The molecule has 28 heavy (non-hydrogen) atoms. The van der Waals surface area contributed by atoms with Crippen molar-refractivity contribution in [1.29, 1.82) is 0 Å². The summed E-state index contributed by atoms with van der Waals surface area (Å²) in [5.41, 5.74) is 6.49. The molecular formula is C20H25N7O. The predicted molar refractivity (Wildman–Crippen MR) is 110 cm³/mol. The van der Waals surface area contributed by atoms with Crippen molar-refractivity contribution in [3.8, 4) is 0 Å². The summed E-state index contributed by atoms with van der Waals surface area (Å²) in [7, 11) is 0. The highest BCUT2D eigenvalue weighted by Crippen LogP contribution is 2.24. The molecule has 0 aromatic carbocycles. The Morgan fingerprint density at radius 2 is 2.00 bits per heavy atom. The van der Waals surface area contributed by atoms with Crippen LogP contribution < -0.4 is 11.1 Å². The second-order valence-corrected chi connectivity index (χ2v) is 7.53. The van der Waals surface area contributed by atoms with Gasteiger partial charge >= 0.3 is 0 Å². The van der Waals surface area contributed by atoms with Gasteiger partial charge in [0.1, 0.15) is 23.0 Å². The molecular weight excluding hydrogens is 354 g/mol. The Bertz CT molecular complexity index is 1050. The molecule has 1 amide bonds. The Morgan fingerprint density at radius 1 is 1.25 bits per heavy atom. The molecule has 0 spiro atoms. The predicted octanol–water partition coefficient (Wildman–Crippen LogP) is 3.38. The molecule has 0 atom stereocenters. The fraction of sp³-hybridized carbons (Fsp3) is 0.350. The second-order valence-electron chi connectivity index (χ2n) is 7.53. The summed E-state index contributed by atoms with van der Waals surface area (Å²) in [6.45, 7) is 9.72. The summed E-state index contributed by atoms with van der Waals surface area (Å²) in [4.78, 5) is 29.1. The average Bonchev–Trinajstić information content (AvgIpc) is 2.95. The van der Waals surface area contributed by atoms with Gasteiger partial charge in [-0.05, 0) is 46.8 Å². The van der Waals surface area contributed by atoms with Gasteiger partial charge in [0, 0.05) is 18.3 Å². The van der Waals surface area contributed by atoms with Gasteiger partial charge in [0.05, 0.1) is 17.1 Å². The first-order valence-electron chi connectivity index (χ1n) is 9.11. The molecule has 3 rings (SSSR count). The average molecular weight is 379 g/mol. The van der Waals surface area contributed by atoms with Crippen molar-refractivity contribution in [3.05, 3.63) is 42.3 Å². The van der Waals surface area contributed by atoms with Crippen LogP contribution in [0.5, 0.6) is 0 Å². The summed E-state index contributed by atoms with van der Waals surface area (Å²) < 4.78 is 2.17. The molecule has 0 aliphatic heterocycles. The summed E-state index contributed by atoms with van der Waals surface area (Å²) in [5.74, 6) is 2.29. The molecule has 0 fully saturated rings. The number of imidazole rings is 1. The van der Waals surface area contributed by atoms with E-state index in [1.807, 2.05) is 13.0 Å². The van der Waals surface area contributed by atoms with Gasteiger partial charge in [0.2, 0.25) is 5.91 Å². The minimum Gasteiger partial charge on any atom is -0.369 e. The summed E-state index contributed by atoms with van der Waals surface area (Å²) >= 11 is 0. The van der Waals surface area contributed by atoms with Crippen molar-refractivity contribution in [2.45, 2.75) is 40.7 Å². The number of pyridine rings is 1. The molecule has 0 radical (unpaired) electrons. The number of aromatic nitrogens is 5. The van der Waals surface area contributed by atoms with Crippen molar-refractivity contribution in [2.75, 3.05) is 5.32 Å². The van der Waals surface area contributed by atoms with Crippen molar-refractivity contribution in [2.24, 2.45) is 11.1 Å². The lowest BCUT2D eigenvalue weighted by Gasteiger charge is -2.14. The minimum absolute atomic E-state index is 0.296. The third kappa shape index (κ3) is 4.00. The van der Waals surface area contributed by atoms with E-state index in [1.165, 1.54) is 0 Å². The van der Waals surface area contributed by atoms with Gasteiger partial charge in [0.25, 0.3) is 0 Å². The first-order chi connectivity index (χ1) is 13.2. The van der Waals surface area contributed by atoms with E-state index in [2.05, 4.69) is 43.7 Å². The SMILES string of the molecule is Cc1nc2cnc(Nc3ccnc(C=CC(C)(C)C(N)=O)n3)cc2n1C(C)C. The van der Waals surface area contributed by atoms with Crippen LogP contribution in [0, 0.1) is 12.3 Å². The van der Waals surface area contributed by atoms with Crippen LogP contribution >= 0.6 is 0 Å². The molecule has 0 unspecified atom stereocenters. The van der Waals surface area contributed by atoms with E-state index in [-0.39, 0.29) is 0 Å². The van der Waals surface area contributed by atoms with Crippen LogP contribution in [-0.2, 0) is 4.79 Å². The first-order valence-corrected chi connectivity index (χ1v) is 9.11. The number of hydrogen-bond donors (Lipinski definition) is 2. The molecule has 3 aromatic heterocycles. The van der Waals surface area contributed by atoms with E-state index in [0.717, 1.165) is 16.9 Å². The number of anilines is 2. The third-order valence-corrected chi connectivity index (χ3v) is 4.48. The highest BCUT2D eigenvalue weighted by atomic mass is 16.1. The number of hydrogen-bond acceptors (Lipinski definition) is 6. The monoisotopic (exact) mass is 379 g/mol. The van der Waals surface area contributed by atoms with E-state index in [4.69, 9.17) is 5.73 Å². The number of nitrogens with two attached hydrogens (primary N) is 1. The second kappa shape index (κ2) is 7.38. The Kier molecular flexibility index (Phi) is 5.13. The molecule has 146 valence electrons. The lowest BCUT2D eigenvalue weighted by atomic mass is 9.92. The lowest BCUT2D eigenvalue weighted by molar-refractivity contribution is -0.123. The normalized spacial score (nSPS) is 12.2. The van der Waals surface area contributed by atoms with Crippen LogP contribution in [0.1, 0.15) is 45.4 Å². The van der Waals surface area contributed by atoms with E-state index in [0.29, 0.717) is 23.5 Å². The number of carbonyl (C=O) groups is 1. The van der Waals surface area contributed by atoms with Gasteiger partial charge in [-0.15, -0.1) is 0 Å². The van der Waals surface area contributed by atoms with Gasteiger partial charge in [-0.1, -0.05) is 6.08 Å². The number of aryl methyl sites for hydroxylation is 1. The fourth-order valence-electron chi connectivity index (χ4n) is 2.86. The topological polar surface area (TPSA) is 112 Å². The number of amides is 1. The standard InChI is InChI=1S/C20H25N7O/c1-12(2)27-13(3)24-14-11-23-18(10-15(14)27)26-17-7-9-22-16(25-17)6-8-20(4,5)19(21)28/h6-12H,1-5H3,(H2,21,28)(H,22,23,25,26). The number of nitrogens with one attached hydrogen (secondary N) is 1. The third-order valence-electron chi connectivity index (χ3n) is 4.48. The van der Waals surface area contributed by atoms with E-state index in [1.54, 1.807) is 44.5 Å². The van der Waals surface area contributed by atoms with Gasteiger partial charge in [0.15, 0.2) is 5.82 Å². The Labute approximate surface area is 163 Å². The van der Waals surface area contributed by atoms with Gasteiger partial charge in [-0.3, -0.25) is 4.79 Å². The van der Waals surface area contributed by atoms with Crippen LogP contribution in [0.4, 0.5) is 11.6 Å². The maximum atomic E-state index is 11.4. The zero-order valence-electron chi connectivity index (χ0n) is 16.8. The maximum Gasteiger partial charge on any atom is 0.226 e. The van der Waals surface area contributed by atoms with Crippen molar-refractivity contribution < 1.29 is 4.79 Å². The Balaban J connectivity index is 1.87. The highest BCUT2D eigenvalue weighted by molar-refractivity contribution is 5.83. The van der Waals surface area contributed by atoms with Crippen molar-refractivity contribution in [3.63, 3.8) is 0 Å². The quantitative estimate of drug-likeness (QED) is 0.679. The van der Waals surface area contributed by atoms with Gasteiger partial charge in [-0.2, -0.15) is 0 Å². The zero-order chi connectivity index (χ0) is 20.5. The number of carbonyl (C=O) groups excluding carboxylic acids is 1. The Morgan fingerprint density at radius 3 is 2.68 bits per heavy atom. The van der Waals surface area contributed by atoms with E-state index >= 15 is 0 Å². The molecule has 0 aliphatic carbocycles. The molecule has 3 N–H and O–H groups in total. The fourth-order valence-corrected chi connectivity index (χ4v) is 2.86. The zero-order valence-corrected chi connectivity index (χ0v) is 16.8. The van der Waals surface area contributed by atoms with E-state index < -0.39 is 11.3 Å². The van der Waals surface area contributed by atoms with Crippen LogP contribution in [0.25, 0.3) is 17.1 Å². The van der Waals surface area contributed by atoms with Crippen LogP contribution in [0.2, 0.25) is 0 Å². The molecule has 3 heterocycles. The highest BCUT2D eigenvalue weighted by Gasteiger charge is 2.20. The number of fused-ring (bicyclic) bond motifs is 1. The van der Waals surface area contributed by atoms with Crippen LogP contribution in [0.3, 0.4) is 0 Å². The summed E-state index contributed by atoms with van der Waals surface area (Å²) in [6, 6.07) is 4.01. The van der Waals surface area contributed by atoms with Crippen LogP contribution in [-0.4, -0.2) is 30.4 Å². The van der Waals surface area contributed by atoms with Crippen molar-refractivity contribution in [1.82, 2.24) is 24.5 Å². The molecule has 0 bridgehead atoms. The molecule has 8 heteroatoms. The summed E-state index contributed by atoms with van der Waals surface area (Å²) in [6.07, 6.45) is 6.78. The maximum absolute atomic E-state index is 11.4. The lowest BCUT2D eigenvalue weighted by Crippen LogP contribution is -2.29. The molecule has 3 aromatic rings. The van der Waals surface area contributed by atoms with Crippen molar-refractivity contribution >= 4 is 34.7 Å². The first kappa shape index (κ1) is 19.5. The van der Waals surface area contributed by atoms with E-state index in [9.17, 15) is 4.79 Å². The molecule has 0 saturated carbocycles. The molecule has 0 aliphatic rings. The smallest absolute Gasteiger partial charge is 0.226 e. The number of nitrogens with zero attached hydrogens (tertiary/aromatic N) is 5. The largest absolute Gasteiger partial charge is 0.369 e. The Hall–Kier alpha value is -3.29.